The van der Waals surface area contributed by atoms with Crippen LogP contribution in [0.3, 0.4) is 0 Å². The molecule has 0 amide bonds. The first-order valence-electron chi connectivity index (χ1n) is 8.08. The molecule has 2 aromatic heterocycles. The van der Waals surface area contributed by atoms with Gasteiger partial charge in [0.25, 0.3) is 15.9 Å². The van der Waals surface area contributed by atoms with Crippen LogP contribution in [0.4, 0.5) is 0 Å². The molecule has 1 aliphatic heterocycles. The van der Waals surface area contributed by atoms with Crippen LogP contribution in [-0.4, -0.2) is 52.6 Å². The summed E-state index contributed by atoms with van der Waals surface area (Å²) in [6.45, 7) is 4.71. The number of imidazole rings is 1. The van der Waals surface area contributed by atoms with Crippen LogP contribution < -0.4 is 0 Å². The van der Waals surface area contributed by atoms with Crippen LogP contribution >= 0.6 is 0 Å². The van der Waals surface area contributed by atoms with Gasteiger partial charge < -0.3 is 13.8 Å². The van der Waals surface area contributed by atoms with E-state index >= 15 is 0 Å². The van der Waals surface area contributed by atoms with Crippen molar-refractivity contribution >= 4 is 10.0 Å². The van der Waals surface area contributed by atoms with E-state index in [9.17, 15) is 8.42 Å². The highest BCUT2D eigenvalue weighted by atomic mass is 32.2. The summed E-state index contributed by atoms with van der Waals surface area (Å²) in [4.78, 5) is 8.53. The number of hydrogen-bond acceptors (Lipinski definition) is 7. The molecule has 138 valence electrons. The van der Waals surface area contributed by atoms with Crippen LogP contribution in [0.25, 0.3) is 0 Å². The van der Waals surface area contributed by atoms with Crippen molar-refractivity contribution < 1.29 is 17.7 Å². The Morgan fingerprint density at radius 1 is 1.40 bits per heavy atom. The van der Waals surface area contributed by atoms with Crippen LogP contribution in [0.5, 0.6) is 0 Å². The average Bonchev–Trinajstić information content (AvgIpc) is 3.16. The number of rotatable bonds is 5. The molecule has 25 heavy (non-hydrogen) atoms. The first-order chi connectivity index (χ1) is 11.8. The van der Waals surface area contributed by atoms with Gasteiger partial charge in [0, 0.05) is 38.9 Å². The Morgan fingerprint density at radius 3 is 2.80 bits per heavy atom. The maximum absolute atomic E-state index is 12.9. The predicted octanol–water partition coefficient (Wildman–Crippen LogP) is 1.00. The van der Waals surface area contributed by atoms with Gasteiger partial charge in [-0.05, 0) is 19.8 Å². The molecule has 0 radical (unpaired) electrons. The lowest BCUT2D eigenvalue weighted by molar-refractivity contribution is 0.151. The van der Waals surface area contributed by atoms with E-state index in [1.807, 2.05) is 6.92 Å². The van der Waals surface area contributed by atoms with Gasteiger partial charge in [0.1, 0.15) is 12.4 Å². The maximum atomic E-state index is 12.9. The second-order valence-electron chi connectivity index (χ2n) is 6.68. The Labute approximate surface area is 147 Å². The summed E-state index contributed by atoms with van der Waals surface area (Å²) < 4.78 is 39.2. The summed E-state index contributed by atoms with van der Waals surface area (Å²) in [5.41, 5.74) is -0.509. The molecular weight excluding hydrogens is 346 g/mol. The van der Waals surface area contributed by atoms with Crippen molar-refractivity contribution in [1.29, 1.82) is 0 Å². The van der Waals surface area contributed by atoms with E-state index < -0.39 is 15.4 Å². The number of aromatic nitrogens is 4. The third-order valence-corrected chi connectivity index (χ3v) is 6.34. The third-order valence-electron chi connectivity index (χ3n) is 4.63. The molecule has 3 rings (SSSR count). The zero-order valence-electron chi connectivity index (χ0n) is 14.9. The average molecular weight is 369 g/mol. The van der Waals surface area contributed by atoms with E-state index in [1.165, 1.54) is 4.31 Å². The third kappa shape index (κ3) is 3.33. The Hall–Kier alpha value is -1.78. The molecule has 0 aliphatic carbocycles. The molecule has 1 aliphatic rings. The van der Waals surface area contributed by atoms with Gasteiger partial charge in [-0.1, -0.05) is 12.1 Å². The molecule has 1 saturated heterocycles. The molecule has 2 aromatic rings. The van der Waals surface area contributed by atoms with E-state index in [-0.39, 0.29) is 18.2 Å². The van der Waals surface area contributed by atoms with Gasteiger partial charge in [0.15, 0.2) is 10.9 Å². The molecule has 0 spiro atoms. The highest BCUT2D eigenvalue weighted by Crippen LogP contribution is 2.34. The summed E-state index contributed by atoms with van der Waals surface area (Å²) in [5.74, 6) is 1.55. The molecule has 0 aromatic carbocycles. The molecule has 1 atom stereocenters. The number of methoxy groups -OCH3 is 1. The van der Waals surface area contributed by atoms with Gasteiger partial charge in [-0.3, -0.25) is 0 Å². The monoisotopic (exact) mass is 369 g/mol. The van der Waals surface area contributed by atoms with Gasteiger partial charge in [0.2, 0.25) is 0 Å². The number of sulfonamides is 1. The van der Waals surface area contributed by atoms with Crippen molar-refractivity contribution in [2.75, 3.05) is 20.2 Å². The van der Waals surface area contributed by atoms with Gasteiger partial charge in [-0.2, -0.15) is 9.29 Å². The molecule has 1 fully saturated rings. The first-order valence-corrected chi connectivity index (χ1v) is 9.52. The van der Waals surface area contributed by atoms with E-state index in [2.05, 4.69) is 15.1 Å². The zero-order chi connectivity index (χ0) is 18.2. The minimum absolute atomic E-state index is 0.0740. The highest BCUT2D eigenvalue weighted by Gasteiger charge is 2.41. The van der Waals surface area contributed by atoms with E-state index in [0.717, 1.165) is 12.8 Å². The maximum Gasteiger partial charge on any atom is 0.262 e. The quantitative estimate of drug-likeness (QED) is 0.774. The van der Waals surface area contributed by atoms with Crippen LogP contribution in [0.2, 0.25) is 0 Å². The zero-order valence-corrected chi connectivity index (χ0v) is 15.7. The van der Waals surface area contributed by atoms with Crippen molar-refractivity contribution in [3.05, 3.63) is 23.7 Å². The standard InChI is InChI=1S/C15H23N5O4S/c1-11-16-13(8-19(11)3)25(21,22)20-7-5-6-15(2,10-20)14-17-12(9-23-4)24-18-14/h8H,5-7,9-10H2,1-4H3. The summed E-state index contributed by atoms with van der Waals surface area (Å²) >= 11 is 0. The normalized spacial score (nSPS) is 22.4. The van der Waals surface area contributed by atoms with Crippen molar-refractivity contribution in [3.63, 3.8) is 0 Å². The largest absolute Gasteiger partial charge is 0.375 e. The molecule has 9 nitrogen and oxygen atoms in total. The Kier molecular flexibility index (Phi) is 4.69. The van der Waals surface area contributed by atoms with Crippen molar-refractivity contribution in [3.8, 4) is 0 Å². The van der Waals surface area contributed by atoms with E-state index in [0.29, 0.717) is 24.1 Å². The fourth-order valence-electron chi connectivity index (χ4n) is 3.05. The molecule has 0 saturated carbocycles. The number of hydrogen-bond donors (Lipinski definition) is 0. The van der Waals surface area contributed by atoms with Crippen molar-refractivity contribution in [1.82, 2.24) is 24.0 Å². The molecule has 0 N–H and O–H groups in total. The first kappa shape index (κ1) is 18.0. The summed E-state index contributed by atoms with van der Waals surface area (Å²) in [5, 5.41) is 4.10. The van der Waals surface area contributed by atoms with Crippen LogP contribution in [0.1, 0.15) is 37.3 Å². The van der Waals surface area contributed by atoms with Crippen molar-refractivity contribution in [2.45, 2.75) is 43.7 Å². The van der Waals surface area contributed by atoms with Crippen molar-refractivity contribution in [2.24, 2.45) is 7.05 Å². The number of aryl methyl sites for hydroxylation is 2. The lowest BCUT2D eigenvalue weighted by atomic mass is 9.82. The van der Waals surface area contributed by atoms with Gasteiger partial charge in [0.05, 0.1) is 0 Å². The molecule has 0 bridgehead atoms. The number of ether oxygens (including phenoxy) is 1. The Morgan fingerprint density at radius 2 is 2.16 bits per heavy atom. The summed E-state index contributed by atoms with van der Waals surface area (Å²) in [6, 6.07) is 0. The second kappa shape index (κ2) is 6.50. The van der Waals surface area contributed by atoms with Gasteiger partial charge >= 0.3 is 0 Å². The predicted molar refractivity (Wildman–Crippen MR) is 88.3 cm³/mol. The molecular formula is C15H23N5O4S. The van der Waals surface area contributed by atoms with Gasteiger partial charge in [-0.15, -0.1) is 0 Å². The summed E-state index contributed by atoms with van der Waals surface area (Å²) in [7, 11) is -0.329. The molecule has 1 unspecified atom stereocenters. The van der Waals surface area contributed by atoms with E-state index in [1.54, 1.807) is 31.8 Å². The SMILES string of the molecule is COCc1nc(C2(C)CCCN(S(=O)(=O)c3cn(C)c(C)n3)C2)no1. The Bertz CT molecular complexity index is 840. The smallest absolute Gasteiger partial charge is 0.262 e. The van der Waals surface area contributed by atoms with E-state index in [4.69, 9.17) is 9.26 Å². The highest BCUT2D eigenvalue weighted by molar-refractivity contribution is 7.89. The number of nitrogens with zero attached hydrogens (tertiary/aromatic N) is 5. The molecule has 3 heterocycles. The fraction of sp³-hybridized carbons (Fsp3) is 0.667. The van der Waals surface area contributed by atoms with Crippen LogP contribution in [0, 0.1) is 6.92 Å². The minimum atomic E-state index is -3.66. The van der Waals surface area contributed by atoms with Crippen LogP contribution in [0.15, 0.2) is 15.7 Å². The summed E-state index contributed by atoms with van der Waals surface area (Å²) in [6.07, 6.45) is 3.05. The lowest BCUT2D eigenvalue weighted by Gasteiger charge is -2.37. The topological polar surface area (TPSA) is 103 Å². The number of piperidine rings is 1. The lowest BCUT2D eigenvalue weighted by Crippen LogP contribution is -2.47. The Balaban J connectivity index is 1.86. The second-order valence-corrected chi connectivity index (χ2v) is 8.57. The molecule has 10 heteroatoms. The fourth-order valence-corrected chi connectivity index (χ4v) is 4.67. The van der Waals surface area contributed by atoms with Gasteiger partial charge in [-0.25, -0.2) is 13.4 Å². The minimum Gasteiger partial charge on any atom is -0.375 e. The van der Waals surface area contributed by atoms with Crippen LogP contribution in [-0.2, 0) is 33.8 Å².